The number of aliphatic hydroxyl groups is 1. The third kappa shape index (κ3) is 2.86. The predicted molar refractivity (Wildman–Crippen MR) is 70.0 cm³/mol. The molecule has 92 valence electrons. The van der Waals surface area contributed by atoms with Gasteiger partial charge < -0.3 is 9.67 Å². The van der Waals surface area contributed by atoms with Crippen molar-refractivity contribution in [1.29, 1.82) is 0 Å². The zero-order chi connectivity index (χ0) is 12.3. The topological polar surface area (TPSA) is 38.0 Å². The van der Waals surface area contributed by atoms with Gasteiger partial charge in [0.25, 0.3) is 0 Å². The third-order valence-electron chi connectivity index (χ3n) is 3.10. The molecule has 17 heavy (non-hydrogen) atoms. The Balaban J connectivity index is 2.05. The van der Waals surface area contributed by atoms with Gasteiger partial charge in [-0.3, -0.25) is 0 Å². The van der Waals surface area contributed by atoms with Crippen molar-refractivity contribution < 1.29 is 5.11 Å². The molecule has 1 aromatic heterocycles. The van der Waals surface area contributed by atoms with E-state index < -0.39 is 0 Å². The second-order valence-electron chi connectivity index (χ2n) is 4.64. The van der Waals surface area contributed by atoms with Crippen LogP contribution < -0.4 is 0 Å². The van der Waals surface area contributed by atoms with E-state index in [4.69, 9.17) is 0 Å². The fourth-order valence-electron chi connectivity index (χ4n) is 2.19. The first kappa shape index (κ1) is 12.1. The largest absolute Gasteiger partial charge is 0.393 e. The number of aryl methyl sites for hydroxylation is 2. The molecule has 3 heteroatoms. The number of hydrogen-bond acceptors (Lipinski definition) is 2. The average molecular weight is 232 g/mol. The number of imidazole rings is 1. The fourth-order valence-corrected chi connectivity index (χ4v) is 2.19. The number of unbranched alkanes of at least 4 members (excludes halogenated alkanes) is 1. The number of benzene rings is 1. The first-order valence-corrected chi connectivity index (χ1v) is 6.28. The Morgan fingerprint density at radius 2 is 2.06 bits per heavy atom. The molecular formula is C14H20N2O. The van der Waals surface area contributed by atoms with E-state index in [0.717, 1.165) is 37.1 Å². The SMILES string of the molecule is Cc1nc2ccccc2n1CCCCC(C)O. The Morgan fingerprint density at radius 3 is 2.82 bits per heavy atom. The van der Waals surface area contributed by atoms with Crippen LogP contribution in [0.25, 0.3) is 11.0 Å². The molecule has 1 aromatic carbocycles. The van der Waals surface area contributed by atoms with Crippen LogP contribution in [0.2, 0.25) is 0 Å². The summed E-state index contributed by atoms with van der Waals surface area (Å²) in [4.78, 5) is 4.54. The van der Waals surface area contributed by atoms with Gasteiger partial charge in [0.15, 0.2) is 0 Å². The molecule has 0 amide bonds. The summed E-state index contributed by atoms with van der Waals surface area (Å²) in [5.41, 5.74) is 2.28. The molecule has 1 unspecified atom stereocenters. The highest BCUT2D eigenvalue weighted by molar-refractivity contribution is 5.75. The molecule has 0 aliphatic rings. The first-order valence-electron chi connectivity index (χ1n) is 6.28. The normalized spacial score (nSPS) is 13.1. The van der Waals surface area contributed by atoms with Gasteiger partial charge in [0.1, 0.15) is 5.82 Å². The quantitative estimate of drug-likeness (QED) is 0.805. The van der Waals surface area contributed by atoms with Crippen LogP contribution >= 0.6 is 0 Å². The van der Waals surface area contributed by atoms with Crippen LogP contribution in [-0.4, -0.2) is 20.8 Å². The summed E-state index contributed by atoms with van der Waals surface area (Å²) in [6, 6.07) is 8.24. The minimum Gasteiger partial charge on any atom is -0.393 e. The molecule has 0 fully saturated rings. The molecule has 0 spiro atoms. The monoisotopic (exact) mass is 232 g/mol. The van der Waals surface area contributed by atoms with E-state index in [9.17, 15) is 5.11 Å². The fraction of sp³-hybridized carbons (Fsp3) is 0.500. The zero-order valence-electron chi connectivity index (χ0n) is 10.6. The molecule has 0 radical (unpaired) electrons. The summed E-state index contributed by atoms with van der Waals surface area (Å²) in [6.07, 6.45) is 2.84. The van der Waals surface area contributed by atoms with Gasteiger partial charge >= 0.3 is 0 Å². The van der Waals surface area contributed by atoms with E-state index in [2.05, 4.69) is 34.7 Å². The average Bonchev–Trinajstić information content (AvgIpc) is 2.60. The van der Waals surface area contributed by atoms with Crippen LogP contribution in [0, 0.1) is 6.92 Å². The molecule has 3 nitrogen and oxygen atoms in total. The van der Waals surface area contributed by atoms with Gasteiger partial charge in [-0.05, 0) is 45.2 Å². The summed E-state index contributed by atoms with van der Waals surface area (Å²) in [6.45, 7) is 4.88. The van der Waals surface area contributed by atoms with Gasteiger partial charge in [0.05, 0.1) is 17.1 Å². The van der Waals surface area contributed by atoms with E-state index in [1.165, 1.54) is 5.52 Å². The molecule has 1 atom stereocenters. The van der Waals surface area contributed by atoms with Crippen LogP contribution in [0.3, 0.4) is 0 Å². The second-order valence-corrected chi connectivity index (χ2v) is 4.64. The van der Waals surface area contributed by atoms with Crippen molar-refractivity contribution in [3.8, 4) is 0 Å². The third-order valence-corrected chi connectivity index (χ3v) is 3.10. The van der Waals surface area contributed by atoms with E-state index in [0.29, 0.717) is 0 Å². The number of fused-ring (bicyclic) bond motifs is 1. The maximum atomic E-state index is 9.22. The van der Waals surface area contributed by atoms with Crippen molar-refractivity contribution in [2.45, 2.75) is 45.8 Å². The molecule has 1 N–H and O–H groups in total. The van der Waals surface area contributed by atoms with Gasteiger partial charge in [-0.2, -0.15) is 0 Å². The Bertz CT molecular complexity index is 488. The van der Waals surface area contributed by atoms with Gasteiger partial charge in [-0.1, -0.05) is 12.1 Å². The number of aliphatic hydroxyl groups excluding tert-OH is 1. The van der Waals surface area contributed by atoms with Crippen LogP contribution in [0.4, 0.5) is 0 Å². The van der Waals surface area contributed by atoms with Crippen molar-refractivity contribution in [1.82, 2.24) is 9.55 Å². The Labute approximate surface area is 102 Å². The maximum absolute atomic E-state index is 9.22. The lowest BCUT2D eigenvalue weighted by Gasteiger charge is -2.07. The lowest BCUT2D eigenvalue weighted by Crippen LogP contribution is -2.03. The highest BCUT2D eigenvalue weighted by atomic mass is 16.3. The smallest absolute Gasteiger partial charge is 0.106 e. The molecule has 0 saturated heterocycles. The highest BCUT2D eigenvalue weighted by Crippen LogP contribution is 2.16. The lowest BCUT2D eigenvalue weighted by molar-refractivity contribution is 0.180. The number of rotatable bonds is 5. The predicted octanol–water partition coefficient (Wildman–Crippen LogP) is 2.90. The zero-order valence-corrected chi connectivity index (χ0v) is 10.6. The van der Waals surface area contributed by atoms with Crippen molar-refractivity contribution in [2.24, 2.45) is 0 Å². The molecule has 2 rings (SSSR count). The van der Waals surface area contributed by atoms with E-state index in [-0.39, 0.29) is 6.10 Å². The van der Waals surface area contributed by atoms with Crippen molar-refractivity contribution in [2.75, 3.05) is 0 Å². The van der Waals surface area contributed by atoms with Crippen molar-refractivity contribution in [3.05, 3.63) is 30.1 Å². The summed E-state index contributed by atoms with van der Waals surface area (Å²) < 4.78 is 2.26. The number of para-hydroxylation sites is 2. The van der Waals surface area contributed by atoms with Gasteiger partial charge in [-0.25, -0.2) is 4.98 Å². The minimum atomic E-state index is -0.185. The van der Waals surface area contributed by atoms with E-state index in [1.54, 1.807) is 0 Å². The standard InChI is InChI=1S/C14H20N2O/c1-11(17)7-5-6-10-16-12(2)15-13-8-3-4-9-14(13)16/h3-4,8-9,11,17H,5-7,10H2,1-2H3. The van der Waals surface area contributed by atoms with Gasteiger partial charge in [0.2, 0.25) is 0 Å². The number of nitrogens with zero attached hydrogens (tertiary/aromatic N) is 2. The van der Waals surface area contributed by atoms with E-state index >= 15 is 0 Å². The molecular weight excluding hydrogens is 212 g/mol. The molecule has 0 aliphatic carbocycles. The minimum absolute atomic E-state index is 0.185. The first-order chi connectivity index (χ1) is 8.18. The van der Waals surface area contributed by atoms with Crippen LogP contribution in [0.5, 0.6) is 0 Å². The van der Waals surface area contributed by atoms with Crippen LogP contribution in [-0.2, 0) is 6.54 Å². The summed E-state index contributed by atoms with van der Waals surface area (Å²) >= 11 is 0. The maximum Gasteiger partial charge on any atom is 0.106 e. The van der Waals surface area contributed by atoms with Crippen molar-refractivity contribution in [3.63, 3.8) is 0 Å². The highest BCUT2D eigenvalue weighted by Gasteiger charge is 2.05. The molecule has 0 bridgehead atoms. The second kappa shape index (κ2) is 5.32. The van der Waals surface area contributed by atoms with Crippen molar-refractivity contribution >= 4 is 11.0 Å². The summed E-state index contributed by atoms with van der Waals surface area (Å²) in [5.74, 6) is 1.07. The number of aromatic nitrogens is 2. The van der Waals surface area contributed by atoms with E-state index in [1.807, 2.05) is 13.0 Å². The van der Waals surface area contributed by atoms with Gasteiger partial charge in [-0.15, -0.1) is 0 Å². The Morgan fingerprint density at radius 1 is 1.29 bits per heavy atom. The summed E-state index contributed by atoms with van der Waals surface area (Å²) in [7, 11) is 0. The molecule has 2 aromatic rings. The lowest BCUT2D eigenvalue weighted by atomic mass is 10.2. The molecule has 0 saturated carbocycles. The Kier molecular flexibility index (Phi) is 3.79. The van der Waals surface area contributed by atoms with Crippen LogP contribution in [0.1, 0.15) is 32.0 Å². The summed E-state index contributed by atoms with van der Waals surface area (Å²) in [5, 5.41) is 9.22. The molecule has 1 heterocycles. The number of hydrogen-bond donors (Lipinski definition) is 1. The Hall–Kier alpha value is -1.35. The molecule has 0 aliphatic heterocycles. The van der Waals surface area contributed by atoms with Gasteiger partial charge in [0, 0.05) is 6.54 Å². The van der Waals surface area contributed by atoms with Crippen LogP contribution in [0.15, 0.2) is 24.3 Å².